The lowest BCUT2D eigenvalue weighted by Crippen LogP contribution is -2.32. The molecule has 0 aromatic heterocycles. The summed E-state index contributed by atoms with van der Waals surface area (Å²) < 4.78 is 5.74. The number of unbranched alkanes of at least 4 members (excludes halogenated alkanes) is 4. The van der Waals surface area contributed by atoms with E-state index in [-0.39, 0.29) is 43.7 Å². The average molecular weight is 437 g/mol. The number of carbonyl (C=O) groups excluding carboxylic acids is 2. The molecule has 0 spiro atoms. The standard InChI is InChI=1S/C19H26O3.C6H14O3/c1-2-3-4-5-6-11-22-19-9-7-15(8-10-19)16-12-17(20)14-18(21)13-16;1-2-6(3-7,4-8)5-9/h7-10,16H,2-6,11-14H2,1H3;7-9H,2-5H2,1H3. The van der Waals surface area contributed by atoms with Crippen LogP contribution in [0, 0.1) is 5.41 Å². The van der Waals surface area contributed by atoms with Crippen molar-refractivity contribution in [3.05, 3.63) is 29.8 Å². The van der Waals surface area contributed by atoms with Crippen LogP contribution in [-0.2, 0) is 9.59 Å². The molecule has 6 nitrogen and oxygen atoms in total. The van der Waals surface area contributed by atoms with Gasteiger partial charge in [-0.2, -0.15) is 0 Å². The summed E-state index contributed by atoms with van der Waals surface area (Å²) in [6, 6.07) is 7.88. The molecule has 0 unspecified atom stereocenters. The van der Waals surface area contributed by atoms with E-state index < -0.39 is 5.41 Å². The zero-order valence-electron chi connectivity index (χ0n) is 19.1. The van der Waals surface area contributed by atoms with E-state index >= 15 is 0 Å². The van der Waals surface area contributed by atoms with E-state index in [2.05, 4.69) is 6.92 Å². The molecule has 31 heavy (non-hydrogen) atoms. The summed E-state index contributed by atoms with van der Waals surface area (Å²) in [5.41, 5.74) is 0.400. The molecule has 0 heterocycles. The van der Waals surface area contributed by atoms with Gasteiger partial charge >= 0.3 is 0 Å². The van der Waals surface area contributed by atoms with Gasteiger partial charge in [-0.25, -0.2) is 0 Å². The number of aliphatic hydroxyl groups excluding tert-OH is 3. The Balaban J connectivity index is 0.000000452. The van der Waals surface area contributed by atoms with Gasteiger partial charge in [-0.05, 0) is 36.5 Å². The maximum Gasteiger partial charge on any atom is 0.140 e. The number of ether oxygens (including phenoxy) is 1. The zero-order chi connectivity index (χ0) is 23.1. The highest BCUT2D eigenvalue weighted by atomic mass is 16.5. The molecule has 176 valence electrons. The van der Waals surface area contributed by atoms with Crippen molar-refractivity contribution in [1.29, 1.82) is 0 Å². The van der Waals surface area contributed by atoms with Crippen LogP contribution < -0.4 is 4.74 Å². The molecule has 1 aliphatic carbocycles. The summed E-state index contributed by atoms with van der Waals surface area (Å²) in [7, 11) is 0. The molecule has 0 saturated heterocycles. The van der Waals surface area contributed by atoms with Crippen molar-refractivity contribution in [2.24, 2.45) is 5.41 Å². The van der Waals surface area contributed by atoms with Crippen molar-refractivity contribution in [2.75, 3.05) is 26.4 Å². The molecule has 1 aromatic rings. The number of rotatable bonds is 12. The van der Waals surface area contributed by atoms with Crippen LogP contribution in [0.5, 0.6) is 5.75 Å². The molecular weight excluding hydrogens is 396 g/mol. The Bertz CT molecular complexity index is 602. The summed E-state index contributed by atoms with van der Waals surface area (Å²) in [5, 5.41) is 26.0. The summed E-state index contributed by atoms with van der Waals surface area (Å²) in [5.74, 6) is 1.05. The van der Waals surface area contributed by atoms with E-state index in [1.807, 2.05) is 31.2 Å². The number of hydrogen-bond donors (Lipinski definition) is 3. The quantitative estimate of drug-likeness (QED) is 0.340. The predicted octanol–water partition coefficient (Wildman–Crippen LogP) is 3.80. The molecule has 0 aliphatic heterocycles. The van der Waals surface area contributed by atoms with E-state index in [4.69, 9.17) is 20.1 Å². The van der Waals surface area contributed by atoms with Gasteiger partial charge < -0.3 is 20.1 Å². The number of hydrogen-bond acceptors (Lipinski definition) is 6. The highest BCUT2D eigenvalue weighted by Crippen LogP contribution is 2.30. The molecule has 2 rings (SSSR count). The molecule has 0 amide bonds. The highest BCUT2D eigenvalue weighted by molar-refractivity contribution is 6.02. The number of aliphatic hydroxyl groups is 3. The van der Waals surface area contributed by atoms with Gasteiger partial charge in [-0.1, -0.05) is 51.7 Å². The fourth-order valence-corrected chi connectivity index (χ4v) is 3.44. The second-order valence-corrected chi connectivity index (χ2v) is 8.52. The minimum Gasteiger partial charge on any atom is -0.494 e. The minimum absolute atomic E-state index is 0.0526. The van der Waals surface area contributed by atoms with Gasteiger partial charge in [0.15, 0.2) is 0 Å². The van der Waals surface area contributed by atoms with Crippen molar-refractivity contribution < 1.29 is 29.6 Å². The fraction of sp³-hybridized carbons (Fsp3) is 0.680. The lowest BCUT2D eigenvalue weighted by atomic mass is 9.83. The van der Waals surface area contributed by atoms with Gasteiger partial charge in [0.2, 0.25) is 0 Å². The third kappa shape index (κ3) is 9.93. The van der Waals surface area contributed by atoms with Crippen molar-refractivity contribution in [2.45, 2.75) is 77.6 Å². The molecule has 3 N–H and O–H groups in total. The first kappa shape index (κ1) is 27.3. The SMILES string of the molecule is CCC(CO)(CO)CO.CCCCCCCOc1ccc(C2CC(=O)CC(=O)C2)cc1. The van der Waals surface area contributed by atoms with Gasteiger partial charge in [0.05, 0.1) is 32.8 Å². The Morgan fingerprint density at radius 2 is 1.42 bits per heavy atom. The monoisotopic (exact) mass is 436 g/mol. The van der Waals surface area contributed by atoms with Crippen molar-refractivity contribution in [3.63, 3.8) is 0 Å². The van der Waals surface area contributed by atoms with E-state index in [9.17, 15) is 9.59 Å². The number of Topliss-reactive ketones (excluding diaryl/α,β-unsaturated/α-hetero) is 2. The summed E-state index contributed by atoms with van der Waals surface area (Å²) in [4.78, 5) is 23.1. The second-order valence-electron chi connectivity index (χ2n) is 8.52. The Kier molecular flexibility index (Phi) is 13.3. The first-order valence-corrected chi connectivity index (χ1v) is 11.5. The number of ketones is 2. The van der Waals surface area contributed by atoms with Crippen molar-refractivity contribution >= 4 is 11.6 Å². The molecule has 0 atom stereocenters. The van der Waals surface area contributed by atoms with E-state index in [0.717, 1.165) is 24.3 Å². The summed E-state index contributed by atoms with van der Waals surface area (Å²) in [6.07, 6.45) is 7.84. The normalized spacial score (nSPS) is 14.9. The molecule has 1 aliphatic rings. The number of carbonyl (C=O) groups is 2. The molecule has 1 aromatic carbocycles. The van der Waals surface area contributed by atoms with Crippen LogP contribution in [0.4, 0.5) is 0 Å². The summed E-state index contributed by atoms with van der Waals surface area (Å²) >= 11 is 0. The smallest absolute Gasteiger partial charge is 0.140 e. The lowest BCUT2D eigenvalue weighted by molar-refractivity contribution is -0.130. The Morgan fingerprint density at radius 3 is 1.87 bits per heavy atom. The van der Waals surface area contributed by atoms with E-state index in [0.29, 0.717) is 19.3 Å². The maximum atomic E-state index is 11.5. The van der Waals surface area contributed by atoms with Crippen LogP contribution >= 0.6 is 0 Å². The van der Waals surface area contributed by atoms with Gasteiger partial charge in [0.25, 0.3) is 0 Å². The summed E-state index contributed by atoms with van der Waals surface area (Å²) in [6.45, 7) is 4.32. The predicted molar refractivity (Wildman–Crippen MR) is 121 cm³/mol. The van der Waals surface area contributed by atoms with Crippen LogP contribution in [0.25, 0.3) is 0 Å². The maximum absolute atomic E-state index is 11.5. The average Bonchev–Trinajstić information content (AvgIpc) is 2.78. The topological polar surface area (TPSA) is 104 Å². The molecule has 1 saturated carbocycles. The van der Waals surface area contributed by atoms with Crippen LogP contribution in [0.2, 0.25) is 0 Å². The van der Waals surface area contributed by atoms with Crippen molar-refractivity contribution in [3.8, 4) is 5.75 Å². The van der Waals surface area contributed by atoms with Crippen LogP contribution in [0.3, 0.4) is 0 Å². The van der Waals surface area contributed by atoms with E-state index in [1.165, 1.54) is 25.7 Å². The highest BCUT2D eigenvalue weighted by Gasteiger charge is 2.26. The van der Waals surface area contributed by atoms with Crippen molar-refractivity contribution in [1.82, 2.24) is 0 Å². The Hall–Kier alpha value is -1.76. The Morgan fingerprint density at radius 1 is 0.871 bits per heavy atom. The zero-order valence-corrected chi connectivity index (χ0v) is 19.1. The molecule has 0 bridgehead atoms. The third-order valence-electron chi connectivity index (χ3n) is 5.97. The van der Waals surface area contributed by atoms with Gasteiger partial charge in [0, 0.05) is 18.3 Å². The first-order chi connectivity index (χ1) is 14.9. The van der Waals surface area contributed by atoms with Crippen LogP contribution in [0.1, 0.15) is 83.1 Å². The Labute approximate surface area is 186 Å². The van der Waals surface area contributed by atoms with Crippen LogP contribution in [-0.4, -0.2) is 53.3 Å². The largest absolute Gasteiger partial charge is 0.494 e. The van der Waals surface area contributed by atoms with Gasteiger partial charge in [-0.3, -0.25) is 9.59 Å². The number of benzene rings is 1. The van der Waals surface area contributed by atoms with E-state index in [1.54, 1.807) is 0 Å². The van der Waals surface area contributed by atoms with Gasteiger partial charge in [0.1, 0.15) is 17.3 Å². The first-order valence-electron chi connectivity index (χ1n) is 11.5. The second kappa shape index (κ2) is 15.1. The molecule has 1 fully saturated rings. The fourth-order valence-electron chi connectivity index (χ4n) is 3.44. The van der Waals surface area contributed by atoms with Gasteiger partial charge in [-0.15, -0.1) is 0 Å². The molecule has 6 heteroatoms. The molecular formula is C25H40O6. The van der Waals surface area contributed by atoms with Crippen LogP contribution in [0.15, 0.2) is 24.3 Å². The minimum atomic E-state index is -0.667. The molecule has 0 radical (unpaired) electrons. The third-order valence-corrected chi connectivity index (χ3v) is 5.97. The lowest BCUT2D eigenvalue weighted by Gasteiger charge is -2.24.